The summed E-state index contributed by atoms with van der Waals surface area (Å²) in [5, 5.41) is 40.6. The Labute approximate surface area is 251 Å². The van der Waals surface area contributed by atoms with E-state index in [2.05, 4.69) is 17.1 Å². The van der Waals surface area contributed by atoms with Crippen LogP contribution in [0, 0.1) is 23.2 Å². The van der Waals surface area contributed by atoms with Gasteiger partial charge in [-0.15, -0.1) is 0 Å². The first-order valence-electron chi connectivity index (χ1n) is 15.5. The maximum atomic E-state index is 14.0. The van der Waals surface area contributed by atoms with Crippen LogP contribution < -0.4 is 5.32 Å². The van der Waals surface area contributed by atoms with Crippen molar-refractivity contribution in [2.24, 2.45) is 23.2 Å². The fourth-order valence-corrected chi connectivity index (χ4v) is 11.6. The van der Waals surface area contributed by atoms with Crippen molar-refractivity contribution < 1.29 is 43.9 Å². The molecule has 236 valence electrons. The number of nitrogens with zero attached hydrogens (tertiary/aromatic N) is 1. The number of piperidine rings is 1. The predicted octanol–water partition coefficient (Wildman–Crippen LogP) is 1.34. The molecule has 1 spiro atoms. The topological polar surface area (TPSA) is 147 Å². The second-order valence-electron chi connectivity index (χ2n) is 13.9. The van der Waals surface area contributed by atoms with Crippen molar-refractivity contribution in [1.29, 1.82) is 0 Å². The van der Waals surface area contributed by atoms with E-state index in [0.29, 0.717) is 38.0 Å². The number of amides is 1. The third kappa shape index (κ3) is 3.29. The smallest absolute Gasteiger partial charge is 0.340 e. The van der Waals surface area contributed by atoms with E-state index in [1.807, 2.05) is 0 Å². The Hall–Kier alpha value is -2.12. The quantitative estimate of drug-likeness (QED) is 0.338. The molecule has 12 atom stereocenters. The highest BCUT2D eigenvalue weighted by Crippen LogP contribution is 2.79. The molecule has 7 rings (SSSR count). The first kappa shape index (κ1) is 29.6. The van der Waals surface area contributed by atoms with E-state index in [4.69, 9.17) is 18.9 Å². The van der Waals surface area contributed by atoms with Gasteiger partial charge in [0, 0.05) is 70.4 Å². The maximum Gasteiger partial charge on any atom is 0.340 e. The number of esters is 1. The molecule has 5 aliphatic carbocycles. The first-order valence-corrected chi connectivity index (χ1v) is 15.5. The van der Waals surface area contributed by atoms with Gasteiger partial charge in [0.2, 0.25) is 5.91 Å². The number of carbonyl (C=O) groups excluding carboxylic acids is 2. The summed E-state index contributed by atoms with van der Waals surface area (Å²) in [6.07, 6.45) is -0.215. The normalized spacial score (nSPS) is 49.1. The van der Waals surface area contributed by atoms with Crippen molar-refractivity contribution in [3.05, 3.63) is 29.8 Å². The molecule has 1 aromatic carbocycles. The summed E-state index contributed by atoms with van der Waals surface area (Å²) in [5.41, 5.74) is -5.92. The van der Waals surface area contributed by atoms with E-state index in [9.17, 15) is 24.9 Å². The van der Waals surface area contributed by atoms with E-state index in [1.54, 1.807) is 31.4 Å². The fourth-order valence-electron chi connectivity index (χ4n) is 11.6. The van der Waals surface area contributed by atoms with Crippen LogP contribution in [0.5, 0.6) is 0 Å². The van der Waals surface area contributed by atoms with E-state index in [1.165, 1.54) is 21.1 Å². The Morgan fingerprint density at radius 3 is 2.40 bits per heavy atom. The van der Waals surface area contributed by atoms with Gasteiger partial charge in [-0.25, -0.2) is 4.79 Å². The van der Waals surface area contributed by atoms with E-state index in [-0.39, 0.29) is 42.4 Å². The summed E-state index contributed by atoms with van der Waals surface area (Å²) >= 11 is 0. The molecule has 1 amide bonds. The molecular formula is C32H44N2O9. The number of carbonyl (C=O) groups is 2. The fraction of sp³-hybridized carbons (Fsp3) is 0.750. The van der Waals surface area contributed by atoms with Crippen molar-refractivity contribution in [3.8, 4) is 0 Å². The SMILES string of the molecule is CCN1C[C@]2(OC(=O)c3ccccc3NC(C)=O)CC[C@H](OC)[C@]34C1[C@H](C[C@H]23)[C@@]1(O)C[C@H](OC)[C@@]2(O)C[C@@H]4[C@]1(O)[C@H]2OC. The standard InChI is InChI=1S/C32H44N2O9/c1-6-34-16-28(43-26(36)18-9-7-8-10-20(18)33-17(2)35)12-11-23(40-3)31-21(28)13-19(25(31)34)30(38)15-24(41-4)29(37)14-22(31)32(30,39)27(29)42-5/h7-10,19,21-25,27,37-39H,6,11-16H2,1-5H3,(H,33,35)/t19-,21+,22-,23-,24-,25?,27-,28+,29-,30-,31-,32-/m0/s1. The van der Waals surface area contributed by atoms with Crippen LogP contribution in [0.2, 0.25) is 0 Å². The van der Waals surface area contributed by atoms with Crippen LogP contribution in [0.3, 0.4) is 0 Å². The van der Waals surface area contributed by atoms with Crippen LogP contribution in [0.15, 0.2) is 24.3 Å². The lowest BCUT2D eigenvalue weighted by Gasteiger charge is -2.70. The Balaban J connectivity index is 1.40. The van der Waals surface area contributed by atoms with E-state index >= 15 is 0 Å². The molecule has 1 aromatic rings. The summed E-state index contributed by atoms with van der Waals surface area (Å²) in [6, 6.07) is 6.65. The van der Waals surface area contributed by atoms with Crippen LogP contribution in [0.25, 0.3) is 0 Å². The van der Waals surface area contributed by atoms with Crippen molar-refractivity contribution >= 4 is 17.6 Å². The summed E-state index contributed by atoms with van der Waals surface area (Å²) in [4.78, 5) is 28.3. The number of anilines is 1. The average molecular weight is 601 g/mol. The number of methoxy groups -OCH3 is 3. The molecule has 6 fully saturated rings. The number of benzene rings is 1. The zero-order valence-corrected chi connectivity index (χ0v) is 25.5. The van der Waals surface area contributed by atoms with Gasteiger partial charge >= 0.3 is 5.97 Å². The molecule has 1 heterocycles. The highest BCUT2D eigenvalue weighted by molar-refractivity contribution is 6.00. The Morgan fingerprint density at radius 1 is 1.02 bits per heavy atom. The van der Waals surface area contributed by atoms with Gasteiger partial charge in [0.15, 0.2) is 0 Å². The number of likely N-dealkylation sites (N-methyl/N-ethyl adjacent to an activating group) is 1. The predicted molar refractivity (Wildman–Crippen MR) is 153 cm³/mol. The van der Waals surface area contributed by atoms with Gasteiger partial charge in [0.25, 0.3) is 0 Å². The molecule has 1 unspecified atom stereocenters. The van der Waals surface area contributed by atoms with Gasteiger partial charge in [0.05, 0.1) is 23.5 Å². The van der Waals surface area contributed by atoms with Crippen molar-refractivity contribution in [2.45, 2.75) is 92.7 Å². The van der Waals surface area contributed by atoms with Crippen LogP contribution in [-0.2, 0) is 23.7 Å². The molecule has 43 heavy (non-hydrogen) atoms. The Morgan fingerprint density at radius 2 is 1.74 bits per heavy atom. The molecule has 1 saturated heterocycles. The molecule has 4 N–H and O–H groups in total. The third-order valence-electron chi connectivity index (χ3n) is 12.7. The van der Waals surface area contributed by atoms with Gasteiger partial charge in [-0.05, 0) is 44.4 Å². The van der Waals surface area contributed by atoms with Crippen molar-refractivity contribution in [1.82, 2.24) is 4.90 Å². The number of aliphatic hydroxyl groups is 3. The van der Waals surface area contributed by atoms with Crippen molar-refractivity contribution in [3.63, 3.8) is 0 Å². The number of rotatable bonds is 7. The number of hydrogen-bond acceptors (Lipinski definition) is 10. The lowest BCUT2D eigenvalue weighted by atomic mass is 9.44. The second kappa shape index (κ2) is 9.45. The number of para-hydroxylation sites is 1. The highest BCUT2D eigenvalue weighted by atomic mass is 16.6. The Kier molecular flexibility index (Phi) is 6.50. The summed E-state index contributed by atoms with van der Waals surface area (Å²) < 4.78 is 24.7. The van der Waals surface area contributed by atoms with E-state index < -0.39 is 57.8 Å². The number of likely N-dealkylation sites (tertiary alicyclic amines) is 1. The zero-order chi connectivity index (χ0) is 30.7. The van der Waals surface area contributed by atoms with Crippen molar-refractivity contribution in [2.75, 3.05) is 39.7 Å². The third-order valence-corrected chi connectivity index (χ3v) is 12.7. The van der Waals surface area contributed by atoms with E-state index in [0.717, 1.165) is 0 Å². The molecule has 6 aliphatic rings. The first-order chi connectivity index (χ1) is 20.4. The molecular weight excluding hydrogens is 556 g/mol. The Bertz CT molecular complexity index is 1340. The minimum Gasteiger partial charge on any atom is -0.454 e. The molecule has 1 aliphatic heterocycles. The minimum atomic E-state index is -1.76. The van der Waals surface area contributed by atoms with Gasteiger partial charge in [-0.2, -0.15) is 0 Å². The second-order valence-corrected chi connectivity index (χ2v) is 13.9. The highest BCUT2D eigenvalue weighted by Gasteiger charge is 2.91. The van der Waals surface area contributed by atoms with Crippen LogP contribution in [-0.4, -0.2) is 113 Å². The zero-order valence-electron chi connectivity index (χ0n) is 25.5. The average Bonchev–Trinajstić information content (AvgIpc) is 3.36. The number of fused-ring (bicyclic) bond motifs is 2. The number of nitrogens with one attached hydrogen (secondary N) is 1. The molecule has 0 radical (unpaired) electrons. The van der Waals surface area contributed by atoms with Crippen LogP contribution >= 0.6 is 0 Å². The van der Waals surface area contributed by atoms with Gasteiger partial charge in [0.1, 0.15) is 28.5 Å². The summed E-state index contributed by atoms with van der Waals surface area (Å²) in [6.45, 7) is 4.58. The molecule has 7 bridgehead atoms. The lowest BCUT2D eigenvalue weighted by Crippen LogP contribution is -2.84. The summed E-state index contributed by atoms with van der Waals surface area (Å²) in [7, 11) is 4.68. The monoisotopic (exact) mass is 600 g/mol. The largest absolute Gasteiger partial charge is 0.454 e. The van der Waals surface area contributed by atoms with Gasteiger partial charge < -0.3 is 39.6 Å². The molecule has 11 heteroatoms. The maximum absolute atomic E-state index is 14.0. The molecule has 5 saturated carbocycles. The lowest BCUT2D eigenvalue weighted by molar-refractivity contribution is -0.347. The number of ether oxygens (including phenoxy) is 4. The minimum absolute atomic E-state index is 0.0723. The van der Waals surface area contributed by atoms with Gasteiger partial charge in [-0.3, -0.25) is 9.69 Å². The summed E-state index contributed by atoms with van der Waals surface area (Å²) in [5.74, 6) is -2.08. The van der Waals surface area contributed by atoms with Crippen LogP contribution in [0.1, 0.15) is 56.3 Å². The van der Waals surface area contributed by atoms with Gasteiger partial charge in [-0.1, -0.05) is 19.1 Å². The number of hydrogen-bond donors (Lipinski definition) is 4. The molecule has 0 aromatic heterocycles. The molecule has 11 nitrogen and oxygen atoms in total. The van der Waals surface area contributed by atoms with Crippen LogP contribution in [0.4, 0.5) is 5.69 Å².